The molecule has 0 amide bonds. The summed E-state index contributed by atoms with van der Waals surface area (Å²) < 4.78 is 48.8. The molecule has 2 aliphatic carbocycles. The lowest BCUT2D eigenvalue weighted by Crippen LogP contribution is -2.79. The van der Waals surface area contributed by atoms with Crippen LogP contribution in [0.1, 0.15) is 55.4 Å². The van der Waals surface area contributed by atoms with Crippen molar-refractivity contribution in [3.63, 3.8) is 0 Å². The van der Waals surface area contributed by atoms with Gasteiger partial charge < -0.3 is 14.2 Å². The normalized spacial score (nSPS) is 29.7. The van der Waals surface area contributed by atoms with Crippen molar-refractivity contribution in [3.8, 4) is 11.5 Å². The molecule has 0 aromatic heterocycles. The van der Waals surface area contributed by atoms with Crippen LogP contribution in [0.5, 0.6) is 11.5 Å². The molecule has 2 aromatic rings. The number of rotatable bonds is 8. The van der Waals surface area contributed by atoms with Crippen LogP contribution in [0, 0.1) is 6.92 Å². The van der Waals surface area contributed by atoms with Gasteiger partial charge >= 0.3 is 11.9 Å². The smallest absolute Gasteiger partial charge is 0.308 e. The van der Waals surface area contributed by atoms with Gasteiger partial charge in [-0.2, -0.15) is 0 Å². The number of ether oxygens (including phenoxy) is 3. The fourth-order valence-electron chi connectivity index (χ4n) is 8.04. The fourth-order valence-corrected chi connectivity index (χ4v) is 9.56. The lowest BCUT2D eigenvalue weighted by molar-refractivity contribution is -0.217. The standard InChI is InChI=1S/C31H36N2O7S/c1-5-15-33-16-14-30-27-22-10-11-25(38-20(3)34)28(27)39-29(30)24(12-13-31(30,26(33)17-22)40-21(4)35)32-41(36,37)18-23-9-7-6-8-19(23)2/h5-11,24,26,29,32H,1,12-18H2,2-4H3/t24-,26+,29-,30-,31+/m0/s1. The van der Waals surface area contributed by atoms with Gasteiger partial charge in [-0.25, -0.2) is 13.1 Å². The summed E-state index contributed by atoms with van der Waals surface area (Å²) in [4.78, 5) is 27.1. The van der Waals surface area contributed by atoms with Crippen molar-refractivity contribution in [2.45, 2.75) is 81.4 Å². The minimum atomic E-state index is -3.76. The highest BCUT2D eigenvalue weighted by atomic mass is 32.2. The molecule has 1 spiro atoms. The second kappa shape index (κ2) is 9.96. The van der Waals surface area contributed by atoms with E-state index in [0.29, 0.717) is 50.3 Å². The fraction of sp³-hybridized carbons (Fsp3) is 0.484. The van der Waals surface area contributed by atoms with E-state index in [9.17, 15) is 18.0 Å². The van der Waals surface area contributed by atoms with E-state index >= 15 is 0 Å². The van der Waals surface area contributed by atoms with E-state index in [1.165, 1.54) is 13.8 Å². The molecular formula is C31H36N2O7S. The first-order chi connectivity index (χ1) is 19.5. The summed E-state index contributed by atoms with van der Waals surface area (Å²) >= 11 is 0. The van der Waals surface area contributed by atoms with Crippen LogP contribution in [0.15, 0.2) is 49.1 Å². The van der Waals surface area contributed by atoms with Gasteiger partial charge in [-0.1, -0.05) is 36.4 Å². The number of benzene rings is 2. The number of esters is 2. The van der Waals surface area contributed by atoms with Crippen LogP contribution in [-0.4, -0.2) is 62.1 Å². The Morgan fingerprint density at radius 2 is 1.95 bits per heavy atom. The monoisotopic (exact) mass is 580 g/mol. The molecule has 1 N–H and O–H groups in total. The number of likely N-dealkylation sites (tertiary alicyclic amines) is 1. The van der Waals surface area contributed by atoms with Gasteiger partial charge in [0.15, 0.2) is 11.5 Å². The van der Waals surface area contributed by atoms with Gasteiger partial charge in [0.2, 0.25) is 10.0 Å². The van der Waals surface area contributed by atoms with Crippen molar-refractivity contribution < 1.29 is 32.2 Å². The molecule has 2 aromatic carbocycles. The summed E-state index contributed by atoms with van der Waals surface area (Å²) in [5.74, 6) is -0.281. The number of carbonyl (C=O) groups excluding carboxylic acids is 2. The third kappa shape index (κ3) is 4.30. The third-order valence-corrected chi connectivity index (χ3v) is 10.8. The number of carbonyl (C=O) groups is 2. The maximum Gasteiger partial charge on any atom is 0.308 e. The number of sulfonamides is 1. The first-order valence-electron chi connectivity index (χ1n) is 14.1. The second-order valence-electron chi connectivity index (χ2n) is 11.7. The summed E-state index contributed by atoms with van der Waals surface area (Å²) in [5, 5.41) is 0. The van der Waals surface area contributed by atoms with Crippen molar-refractivity contribution in [1.29, 1.82) is 0 Å². The Bertz CT molecular complexity index is 1540. The first-order valence-corrected chi connectivity index (χ1v) is 15.8. The molecule has 218 valence electrons. The molecule has 2 bridgehead atoms. The largest absolute Gasteiger partial charge is 0.483 e. The van der Waals surface area contributed by atoms with Crippen LogP contribution in [0.2, 0.25) is 0 Å². The molecule has 1 saturated carbocycles. The van der Waals surface area contributed by atoms with E-state index in [2.05, 4.69) is 16.2 Å². The molecule has 1 saturated heterocycles. The summed E-state index contributed by atoms with van der Waals surface area (Å²) in [7, 11) is -3.76. The van der Waals surface area contributed by atoms with E-state index in [1.54, 1.807) is 6.07 Å². The highest BCUT2D eigenvalue weighted by molar-refractivity contribution is 7.88. The lowest BCUT2D eigenvalue weighted by atomic mass is 9.48. The van der Waals surface area contributed by atoms with E-state index < -0.39 is 39.2 Å². The van der Waals surface area contributed by atoms with E-state index in [-0.39, 0.29) is 17.8 Å². The van der Waals surface area contributed by atoms with Crippen molar-refractivity contribution >= 4 is 22.0 Å². The Morgan fingerprint density at radius 1 is 1.17 bits per heavy atom. The topological polar surface area (TPSA) is 111 Å². The average Bonchev–Trinajstić information content (AvgIpc) is 3.25. The number of aryl methyl sites for hydroxylation is 1. The lowest BCUT2D eigenvalue weighted by Gasteiger charge is -2.65. The predicted molar refractivity (Wildman–Crippen MR) is 152 cm³/mol. The van der Waals surface area contributed by atoms with Gasteiger partial charge in [0, 0.05) is 32.5 Å². The zero-order valence-electron chi connectivity index (χ0n) is 23.6. The molecule has 0 radical (unpaired) electrons. The Labute approximate surface area is 240 Å². The number of piperidine rings is 1. The predicted octanol–water partition coefficient (Wildman–Crippen LogP) is 3.32. The Balaban J connectivity index is 1.48. The molecule has 0 unspecified atom stereocenters. The number of hydrogen-bond acceptors (Lipinski definition) is 8. The zero-order valence-corrected chi connectivity index (χ0v) is 24.5. The van der Waals surface area contributed by atoms with E-state index in [4.69, 9.17) is 14.2 Å². The van der Waals surface area contributed by atoms with Crippen LogP contribution < -0.4 is 14.2 Å². The van der Waals surface area contributed by atoms with Gasteiger partial charge in [-0.05, 0) is 55.4 Å². The number of nitrogens with zero attached hydrogens (tertiary/aromatic N) is 1. The molecule has 2 fully saturated rings. The highest BCUT2D eigenvalue weighted by Gasteiger charge is 2.75. The van der Waals surface area contributed by atoms with E-state index in [0.717, 1.165) is 22.3 Å². The van der Waals surface area contributed by atoms with Crippen LogP contribution >= 0.6 is 0 Å². The van der Waals surface area contributed by atoms with Crippen LogP contribution in [0.4, 0.5) is 0 Å². The summed E-state index contributed by atoms with van der Waals surface area (Å²) in [6.07, 6.45) is 3.26. The molecular weight excluding hydrogens is 544 g/mol. The van der Waals surface area contributed by atoms with Crippen LogP contribution in [0.3, 0.4) is 0 Å². The van der Waals surface area contributed by atoms with Gasteiger partial charge in [0.25, 0.3) is 0 Å². The van der Waals surface area contributed by atoms with Crippen molar-refractivity contribution in [3.05, 3.63) is 71.3 Å². The molecule has 10 heteroatoms. The SMILES string of the molecule is C=CCN1CC[C@]23c4c5ccc(OC(C)=O)c4O[C@H]2[C@@H](NS(=O)(=O)Cc2ccccc2C)CC[C@@]3(OC(C)=O)[C@H]1C5. The maximum absolute atomic E-state index is 13.6. The quantitative estimate of drug-likeness (QED) is 0.288. The summed E-state index contributed by atoms with van der Waals surface area (Å²) in [6, 6.07) is 10.4. The number of hydrogen-bond donors (Lipinski definition) is 1. The van der Waals surface area contributed by atoms with Crippen molar-refractivity contribution in [2.75, 3.05) is 13.1 Å². The second-order valence-corrected chi connectivity index (χ2v) is 13.5. The van der Waals surface area contributed by atoms with Gasteiger partial charge in [-0.15, -0.1) is 6.58 Å². The van der Waals surface area contributed by atoms with Gasteiger partial charge in [0.1, 0.15) is 11.7 Å². The molecule has 5 atom stereocenters. The van der Waals surface area contributed by atoms with Crippen LogP contribution in [0.25, 0.3) is 0 Å². The Hall–Kier alpha value is -3.21. The summed E-state index contributed by atoms with van der Waals surface area (Å²) in [5.41, 5.74) is 1.76. The number of nitrogens with one attached hydrogen (secondary N) is 1. The van der Waals surface area contributed by atoms with Gasteiger partial charge in [-0.3, -0.25) is 14.5 Å². The first kappa shape index (κ1) is 27.9. The molecule has 6 rings (SSSR count). The highest BCUT2D eigenvalue weighted by Crippen LogP contribution is 2.66. The maximum atomic E-state index is 13.6. The molecule has 2 heterocycles. The molecule has 41 heavy (non-hydrogen) atoms. The Kier molecular flexibility index (Phi) is 6.79. The molecule has 9 nitrogen and oxygen atoms in total. The van der Waals surface area contributed by atoms with Gasteiger partial charge in [0.05, 0.1) is 23.3 Å². The molecule has 4 aliphatic rings. The van der Waals surface area contributed by atoms with Crippen molar-refractivity contribution in [1.82, 2.24) is 9.62 Å². The summed E-state index contributed by atoms with van der Waals surface area (Å²) in [6.45, 7) is 9.93. The van der Waals surface area contributed by atoms with Crippen molar-refractivity contribution in [2.24, 2.45) is 0 Å². The van der Waals surface area contributed by atoms with E-state index in [1.807, 2.05) is 43.3 Å². The Morgan fingerprint density at radius 3 is 2.66 bits per heavy atom. The zero-order chi connectivity index (χ0) is 29.2. The molecule has 2 aliphatic heterocycles. The minimum Gasteiger partial charge on any atom is -0.483 e. The minimum absolute atomic E-state index is 0.146. The van der Waals surface area contributed by atoms with Crippen LogP contribution in [-0.2, 0) is 41.9 Å². The third-order valence-electron chi connectivity index (χ3n) is 9.40. The average molecular weight is 581 g/mol.